The van der Waals surface area contributed by atoms with Crippen molar-refractivity contribution in [3.05, 3.63) is 87.5 Å². The van der Waals surface area contributed by atoms with E-state index in [4.69, 9.17) is 22.1 Å². The number of aliphatic hydroxyl groups is 1. The van der Waals surface area contributed by atoms with Gasteiger partial charge in [-0.2, -0.15) is 13.2 Å². The number of aromatic nitrogens is 2. The Balaban J connectivity index is 1.63. The van der Waals surface area contributed by atoms with Crippen LogP contribution in [0.2, 0.25) is 5.02 Å². The molecule has 4 N–H and O–H groups in total. The fourth-order valence-corrected chi connectivity index (χ4v) is 5.05. The van der Waals surface area contributed by atoms with Gasteiger partial charge in [-0.25, -0.2) is 18.2 Å². The van der Waals surface area contributed by atoms with E-state index >= 15 is 0 Å². The summed E-state index contributed by atoms with van der Waals surface area (Å²) in [6.45, 7) is 0.926. The summed E-state index contributed by atoms with van der Waals surface area (Å²) in [7, 11) is 0. The molecule has 3 heterocycles. The zero-order chi connectivity index (χ0) is 32.4. The average Bonchev–Trinajstić information content (AvgIpc) is 3.30. The quantitative estimate of drug-likeness (QED) is 0.202. The van der Waals surface area contributed by atoms with Crippen molar-refractivity contribution < 1.29 is 45.8 Å². The molecule has 44 heavy (non-hydrogen) atoms. The Hall–Kier alpha value is -4.43. The van der Waals surface area contributed by atoms with Crippen LogP contribution in [0.3, 0.4) is 0 Å². The number of nitrogens with zero attached hydrogens (tertiary/aromatic N) is 2. The number of nitrogens with one attached hydrogen (secondary N) is 1. The van der Waals surface area contributed by atoms with E-state index in [0.717, 1.165) is 5.56 Å². The van der Waals surface area contributed by atoms with Crippen molar-refractivity contribution in [1.82, 2.24) is 15.3 Å². The van der Waals surface area contributed by atoms with Gasteiger partial charge in [0.25, 0.3) is 5.91 Å². The maximum Gasteiger partial charge on any atom is 0.424 e. The summed E-state index contributed by atoms with van der Waals surface area (Å²) >= 11 is 6.22. The van der Waals surface area contributed by atoms with Gasteiger partial charge in [-0.15, -0.1) is 0 Å². The number of fused-ring (bicyclic) bond motifs is 2. The minimum Gasteiger partial charge on any atom is -0.489 e. The van der Waals surface area contributed by atoms with Crippen LogP contribution in [0.1, 0.15) is 34.1 Å². The zero-order valence-corrected chi connectivity index (χ0v) is 23.5. The molecule has 230 valence electrons. The van der Waals surface area contributed by atoms with Crippen LogP contribution in [0.15, 0.2) is 42.6 Å². The summed E-state index contributed by atoms with van der Waals surface area (Å²) in [6, 6.07) is 5.36. The number of alkyl halides is 3. The first-order chi connectivity index (χ1) is 20.5. The summed E-state index contributed by atoms with van der Waals surface area (Å²) in [6.07, 6.45) is -3.99. The third kappa shape index (κ3) is 5.07. The van der Waals surface area contributed by atoms with Crippen molar-refractivity contribution in [2.75, 3.05) is 13.2 Å². The van der Waals surface area contributed by atoms with Gasteiger partial charge in [-0.3, -0.25) is 14.6 Å². The predicted molar refractivity (Wildman–Crippen MR) is 145 cm³/mol. The fraction of sp³-hybridized carbons (Fsp3) is 0.241. The Kier molecular flexibility index (Phi) is 7.49. The van der Waals surface area contributed by atoms with Gasteiger partial charge in [0.15, 0.2) is 11.6 Å². The lowest BCUT2D eigenvalue weighted by Gasteiger charge is -2.31. The number of hydrogen-bond donors (Lipinski definition) is 3. The number of hydrogen-bond acceptors (Lipinski definition) is 6. The molecule has 0 radical (unpaired) electrons. The summed E-state index contributed by atoms with van der Waals surface area (Å²) in [5, 5.41) is 13.6. The second-order valence-electron chi connectivity index (χ2n) is 10.5. The lowest BCUT2D eigenvalue weighted by atomic mass is 9.81. The van der Waals surface area contributed by atoms with E-state index in [2.05, 4.69) is 9.97 Å². The number of carbonyl (C=O) groups is 2. The molecule has 2 aromatic heterocycles. The summed E-state index contributed by atoms with van der Waals surface area (Å²) in [4.78, 5) is 33.3. The zero-order valence-electron chi connectivity index (χ0n) is 22.7. The number of nitrogens with two attached hydrogens (primary N) is 1. The number of ether oxygens (including phenoxy) is 1. The molecule has 2 amide bonds. The number of pyridine rings is 2. The summed E-state index contributed by atoms with van der Waals surface area (Å²) in [5.41, 5.74) is -2.46. The third-order valence-corrected chi connectivity index (χ3v) is 7.70. The lowest BCUT2D eigenvalue weighted by Crippen LogP contribution is -2.51. The number of amides is 2. The van der Waals surface area contributed by atoms with Crippen LogP contribution in [0, 0.1) is 24.4 Å². The molecule has 8 nitrogen and oxygen atoms in total. The van der Waals surface area contributed by atoms with Gasteiger partial charge in [0.2, 0.25) is 11.5 Å². The van der Waals surface area contributed by atoms with Gasteiger partial charge in [0.1, 0.15) is 29.3 Å². The van der Waals surface area contributed by atoms with Gasteiger partial charge >= 0.3 is 6.18 Å². The van der Waals surface area contributed by atoms with E-state index in [1.165, 1.54) is 25.3 Å². The predicted octanol–water partition coefficient (Wildman–Crippen LogP) is 4.99. The number of benzene rings is 2. The van der Waals surface area contributed by atoms with Crippen molar-refractivity contribution in [2.24, 2.45) is 5.73 Å². The molecule has 0 spiro atoms. The van der Waals surface area contributed by atoms with Crippen LogP contribution in [-0.2, 0) is 15.8 Å². The molecule has 15 heteroatoms. The van der Waals surface area contributed by atoms with E-state index < -0.39 is 82.3 Å². The molecule has 0 fully saturated rings. The molecule has 2 aromatic carbocycles. The van der Waals surface area contributed by atoms with Crippen molar-refractivity contribution in [1.29, 1.82) is 0 Å². The van der Waals surface area contributed by atoms with Gasteiger partial charge < -0.3 is 20.9 Å². The number of rotatable bonds is 6. The van der Waals surface area contributed by atoms with Crippen molar-refractivity contribution in [3.63, 3.8) is 0 Å². The topological polar surface area (TPSA) is 127 Å². The molecular weight excluding hydrogens is 618 g/mol. The van der Waals surface area contributed by atoms with E-state index in [1.807, 2.05) is 5.32 Å². The standard InChI is InChI=1S/C29H21ClF6N4O4/c1-12-3-13-4-14(5-17(30)22(13)38-9-12)25(41)39-10-28(43,29(34,35)36)21-7-16-24(44-11-27(16,2)26(37)42)23(40-21)15-6-19(32)20(33)8-18(15)31/h3-9,43H,10-11H2,1-2H3,(H2,37,42)(H,39,41)/t27-,28?/m0/s1. The van der Waals surface area contributed by atoms with Crippen molar-refractivity contribution in [3.8, 4) is 17.0 Å². The second kappa shape index (κ2) is 10.6. The molecule has 0 saturated heterocycles. The molecule has 0 saturated carbocycles. The smallest absolute Gasteiger partial charge is 0.424 e. The maximum atomic E-state index is 14.9. The summed E-state index contributed by atoms with van der Waals surface area (Å²) in [5.74, 6) is -7.10. The molecular formula is C29H21ClF6N4O4. The van der Waals surface area contributed by atoms with E-state index in [0.29, 0.717) is 23.0 Å². The normalized spacial score (nSPS) is 17.6. The maximum absolute atomic E-state index is 14.9. The highest BCUT2D eigenvalue weighted by atomic mass is 35.5. The Morgan fingerprint density at radius 1 is 1.09 bits per heavy atom. The van der Waals surface area contributed by atoms with Gasteiger partial charge in [-0.1, -0.05) is 11.6 Å². The molecule has 2 atom stereocenters. The number of carbonyl (C=O) groups excluding carboxylic acids is 2. The highest BCUT2D eigenvalue weighted by molar-refractivity contribution is 6.35. The van der Waals surface area contributed by atoms with E-state index in [1.54, 1.807) is 13.0 Å². The monoisotopic (exact) mass is 638 g/mol. The number of aryl methyl sites for hydroxylation is 1. The van der Waals surface area contributed by atoms with Gasteiger partial charge in [0, 0.05) is 34.3 Å². The molecule has 1 unspecified atom stereocenters. The summed E-state index contributed by atoms with van der Waals surface area (Å²) < 4.78 is 92.0. The average molecular weight is 639 g/mol. The van der Waals surface area contributed by atoms with Crippen LogP contribution in [0.5, 0.6) is 5.75 Å². The first kappa shape index (κ1) is 31.0. The van der Waals surface area contributed by atoms with Crippen molar-refractivity contribution >= 4 is 34.3 Å². The number of primary amides is 1. The van der Waals surface area contributed by atoms with Crippen LogP contribution in [0.4, 0.5) is 26.3 Å². The molecule has 0 bridgehead atoms. The molecule has 4 aromatic rings. The van der Waals surface area contributed by atoms with Gasteiger partial charge in [0.05, 0.1) is 22.8 Å². The van der Waals surface area contributed by atoms with Crippen LogP contribution >= 0.6 is 11.6 Å². The largest absolute Gasteiger partial charge is 0.489 e. The molecule has 5 rings (SSSR count). The Morgan fingerprint density at radius 2 is 1.77 bits per heavy atom. The van der Waals surface area contributed by atoms with E-state index in [-0.39, 0.29) is 22.2 Å². The van der Waals surface area contributed by atoms with Crippen LogP contribution in [0.25, 0.3) is 22.2 Å². The van der Waals surface area contributed by atoms with Crippen LogP contribution < -0.4 is 15.8 Å². The SMILES string of the molecule is Cc1cnc2c(Cl)cc(C(=O)NCC(O)(c3cc4c(c(-c5cc(F)c(F)cc5F)n3)OC[C@]4(C)C(N)=O)C(F)(F)F)cc2c1. The van der Waals surface area contributed by atoms with Crippen LogP contribution in [-0.4, -0.2) is 46.2 Å². The Morgan fingerprint density at radius 3 is 2.43 bits per heavy atom. The van der Waals surface area contributed by atoms with Crippen molar-refractivity contribution in [2.45, 2.75) is 31.0 Å². The Bertz CT molecular complexity index is 1870. The second-order valence-corrected chi connectivity index (χ2v) is 11.0. The fourth-order valence-electron chi connectivity index (χ4n) is 4.78. The minimum atomic E-state index is -5.53. The molecule has 1 aliphatic heterocycles. The Labute approximate surface area is 249 Å². The highest BCUT2D eigenvalue weighted by Gasteiger charge is 2.58. The first-order valence-corrected chi connectivity index (χ1v) is 13.1. The first-order valence-electron chi connectivity index (χ1n) is 12.7. The minimum absolute atomic E-state index is 0.0444. The highest BCUT2D eigenvalue weighted by Crippen LogP contribution is 2.48. The number of halogens is 7. The molecule has 0 aliphatic carbocycles. The van der Waals surface area contributed by atoms with E-state index in [9.17, 15) is 41.0 Å². The third-order valence-electron chi connectivity index (χ3n) is 7.41. The van der Waals surface area contributed by atoms with Gasteiger partial charge in [-0.05, 0) is 49.7 Å². The lowest BCUT2D eigenvalue weighted by molar-refractivity contribution is -0.265. The molecule has 1 aliphatic rings.